The van der Waals surface area contributed by atoms with Crippen LogP contribution in [0.3, 0.4) is 0 Å². The van der Waals surface area contributed by atoms with Gasteiger partial charge in [0.05, 0.1) is 17.6 Å². The van der Waals surface area contributed by atoms with Crippen molar-refractivity contribution in [3.63, 3.8) is 0 Å². The highest BCUT2D eigenvalue weighted by Crippen LogP contribution is 2.34. The molecule has 1 saturated heterocycles. The molecule has 1 fully saturated rings. The fourth-order valence-electron chi connectivity index (χ4n) is 4.82. The topological polar surface area (TPSA) is 67.6 Å². The maximum Gasteiger partial charge on any atom is 0.227 e. The second-order valence-corrected chi connectivity index (χ2v) is 9.57. The van der Waals surface area contributed by atoms with E-state index in [2.05, 4.69) is 0 Å². The number of halogens is 1. The largest absolute Gasteiger partial charge is 0.490 e. The summed E-state index contributed by atoms with van der Waals surface area (Å²) >= 11 is 6.02. The summed E-state index contributed by atoms with van der Waals surface area (Å²) in [4.78, 5) is 19.6. The van der Waals surface area contributed by atoms with E-state index in [-0.39, 0.29) is 18.4 Å². The summed E-state index contributed by atoms with van der Waals surface area (Å²) < 4.78 is 8.04. The smallest absolute Gasteiger partial charge is 0.227 e. The molecule has 7 heteroatoms. The summed E-state index contributed by atoms with van der Waals surface area (Å²) in [6.07, 6.45) is -0.379. The highest BCUT2D eigenvalue weighted by molar-refractivity contribution is 6.30. The lowest BCUT2D eigenvalue weighted by Crippen LogP contribution is -2.26. The van der Waals surface area contributed by atoms with E-state index < -0.39 is 6.10 Å². The van der Waals surface area contributed by atoms with Crippen LogP contribution in [-0.2, 0) is 11.3 Å². The Hall–Kier alpha value is -3.35. The molecular weight excluding hydrogens is 462 g/mol. The Morgan fingerprint density at radius 2 is 1.77 bits per heavy atom. The van der Waals surface area contributed by atoms with Gasteiger partial charge in [-0.3, -0.25) is 4.79 Å². The van der Waals surface area contributed by atoms with Gasteiger partial charge in [-0.15, -0.1) is 0 Å². The third-order valence-electron chi connectivity index (χ3n) is 6.53. The van der Waals surface area contributed by atoms with E-state index in [0.29, 0.717) is 24.5 Å². The maximum absolute atomic E-state index is 12.9. The molecule has 1 aliphatic rings. The number of aryl methyl sites for hydroxylation is 2. The van der Waals surface area contributed by atoms with Crippen molar-refractivity contribution in [3.05, 3.63) is 88.7 Å². The molecule has 2 heterocycles. The highest BCUT2D eigenvalue weighted by atomic mass is 35.5. The van der Waals surface area contributed by atoms with E-state index in [9.17, 15) is 9.90 Å². The Morgan fingerprint density at radius 3 is 2.51 bits per heavy atom. The molecule has 0 unspecified atom stereocenters. The summed E-state index contributed by atoms with van der Waals surface area (Å²) in [6, 6.07) is 21.2. The molecule has 6 nitrogen and oxygen atoms in total. The van der Waals surface area contributed by atoms with Crippen LogP contribution in [0.4, 0.5) is 5.69 Å². The van der Waals surface area contributed by atoms with Gasteiger partial charge in [-0.05, 0) is 61.4 Å². The van der Waals surface area contributed by atoms with Gasteiger partial charge in [-0.1, -0.05) is 41.9 Å². The van der Waals surface area contributed by atoms with Crippen molar-refractivity contribution in [3.8, 4) is 5.75 Å². The number of aliphatic hydroxyl groups is 1. The number of benzene rings is 3. The third-order valence-corrected chi connectivity index (χ3v) is 6.79. The number of amides is 1. The molecule has 0 saturated carbocycles. The quantitative estimate of drug-likeness (QED) is 0.384. The monoisotopic (exact) mass is 489 g/mol. The number of aromatic nitrogens is 2. The van der Waals surface area contributed by atoms with Crippen LogP contribution in [0.1, 0.15) is 29.3 Å². The van der Waals surface area contributed by atoms with Crippen molar-refractivity contribution >= 4 is 34.2 Å². The van der Waals surface area contributed by atoms with Gasteiger partial charge < -0.3 is 19.3 Å². The van der Waals surface area contributed by atoms with E-state index in [1.165, 1.54) is 0 Å². The molecule has 3 aromatic carbocycles. The first-order chi connectivity index (χ1) is 16.9. The molecule has 0 spiro atoms. The van der Waals surface area contributed by atoms with Crippen molar-refractivity contribution in [1.82, 2.24) is 9.55 Å². The molecule has 1 N–H and O–H groups in total. The predicted molar refractivity (Wildman–Crippen MR) is 138 cm³/mol. The summed E-state index contributed by atoms with van der Waals surface area (Å²) in [5.74, 6) is 1.58. The third kappa shape index (κ3) is 4.77. The Kier molecular flexibility index (Phi) is 6.50. The zero-order chi connectivity index (χ0) is 24.5. The molecule has 0 bridgehead atoms. The van der Waals surface area contributed by atoms with Gasteiger partial charge in [0.2, 0.25) is 5.91 Å². The summed E-state index contributed by atoms with van der Waals surface area (Å²) in [5.41, 5.74) is 4.69. The van der Waals surface area contributed by atoms with E-state index >= 15 is 0 Å². The Bertz CT molecular complexity index is 1350. The zero-order valence-corrected chi connectivity index (χ0v) is 20.6. The highest BCUT2D eigenvalue weighted by Gasteiger charge is 2.35. The molecule has 0 aliphatic carbocycles. The van der Waals surface area contributed by atoms with Crippen LogP contribution < -0.4 is 9.64 Å². The summed E-state index contributed by atoms with van der Waals surface area (Å²) in [6.45, 7) is 5.02. The van der Waals surface area contributed by atoms with E-state index in [1.807, 2.05) is 73.0 Å². The average Bonchev–Trinajstić information content (AvgIpc) is 3.40. The van der Waals surface area contributed by atoms with Gasteiger partial charge in [-0.25, -0.2) is 4.98 Å². The fourth-order valence-corrected chi connectivity index (χ4v) is 4.94. The number of hydrogen-bond acceptors (Lipinski definition) is 4. The predicted octanol–water partition coefficient (Wildman–Crippen LogP) is 5.27. The number of carbonyl (C=O) groups excluding carboxylic acids is 1. The molecule has 4 aromatic rings. The van der Waals surface area contributed by atoms with Crippen LogP contribution >= 0.6 is 11.6 Å². The van der Waals surface area contributed by atoms with Crippen LogP contribution in [0.25, 0.3) is 11.0 Å². The average molecular weight is 490 g/mol. The lowest BCUT2D eigenvalue weighted by Gasteiger charge is -2.20. The number of ether oxygens (including phenoxy) is 1. The minimum atomic E-state index is -0.741. The standard InChI is InChI=1S/C28H28ClN3O3/c1-18-6-5-7-19(2)27(18)35-17-23(33)16-32-25-9-4-3-8-24(25)30-28(32)20-14-26(34)31(15-20)22-12-10-21(29)11-13-22/h3-13,20,23,33H,14-17H2,1-2H3/t20-,23-/m0/s1. The summed E-state index contributed by atoms with van der Waals surface area (Å²) in [7, 11) is 0. The Labute approximate surface area is 209 Å². The number of fused-ring (bicyclic) bond motifs is 1. The minimum Gasteiger partial charge on any atom is -0.490 e. The number of anilines is 1. The van der Waals surface area contributed by atoms with Crippen LogP contribution in [0.15, 0.2) is 66.7 Å². The van der Waals surface area contributed by atoms with E-state index in [1.54, 1.807) is 17.0 Å². The Morgan fingerprint density at radius 1 is 1.06 bits per heavy atom. The number of hydrogen-bond donors (Lipinski definition) is 1. The lowest BCUT2D eigenvalue weighted by atomic mass is 10.1. The van der Waals surface area contributed by atoms with Gasteiger partial charge in [0, 0.05) is 29.6 Å². The van der Waals surface area contributed by atoms with Gasteiger partial charge in [0.15, 0.2) is 0 Å². The number of imidazole rings is 1. The molecule has 2 atom stereocenters. The molecule has 35 heavy (non-hydrogen) atoms. The first-order valence-electron chi connectivity index (χ1n) is 11.8. The molecule has 5 rings (SSSR count). The molecule has 1 aromatic heterocycles. The number of rotatable bonds is 7. The van der Waals surface area contributed by atoms with Gasteiger partial charge in [0.1, 0.15) is 24.3 Å². The first-order valence-corrected chi connectivity index (χ1v) is 12.2. The molecule has 180 valence electrons. The van der Waals surface area contributed by atoms with E-state index in [0.717, 1.165) is 39.4 Å². The second-order valence-electron chi connectivity index (χ2n) is 9.14. The molecule has 0 radical (unpaired) electrons. The minimum absolute atomic E-state index is 0.0508. The molecule has 1 aliphatic heterocycles. The van der Waals surface area contributed by atoms with Crippen LogP contribution in [0.5, 0.6) is 5.75 Å². The van der Waals surface area contributed by atoms with Crippen molar-refractivity contribution in [2.24, 2.45) is 0 Å². The second kappa shape index (κ2) is 9.72. The summed E-state index contributed by atoms with van der Waals surface area (Å²) in [5, 5.41) is 11.6. The van der Waals surface area contributed by atoms with Crippen LogP contribution in [0, 0.1) is 13.8 Å². The van der Waals surface area contributed by atoms with Crippen LogP contribution in [0.2, 0.25) is 5.02 Å². The maximum atomic E-state index is 12.9. The number of nitrogens with zero attached hydrogens (tertiary/aromatic N) is 3. The number of carbonyl (C=O) groups is 1. The number of para-hydroxylation sites is 3. The normalized spacial score (nSPS) is 16.7. The van der Waals surface area contributed by atoms with Gasteiger partial charge in [-0.2, -0.15) is 0 Å². The first kappa shape index (κ1) is 23.4. The molecular formula is C28H28ClN3O3. The molecule has 1 amide bonds. The SMILES string of the molecule is Cc1cccc(C)c1OC[C@@H](O)Cn1c([C@H]2CC(=O)N(c3ccc(Cl)cc3)C2)nc2ccccc21. The van der Waals surface area contributed by atoms with Gasteiger partial charge in [0.25, 0.3) is 0 Å². The van der Waals surface area contributed by atoms with Crippen molar-refractivity contribution in [2.45, 2.75) is 38.8 Å². The van der Waals surface area contributed by atoms with Gasteiger partial charge >= 0.3 is 0 Å². The number of aliphatic hydroxyl groups excluding tert-OH is 1. The zero-order valence-electron chi connectivity index (χ0n) is 19.8. The van der Waals surface area contributed by atoms with Crippen molar-refractivity contribution in [2.75, 3.05) is 18.1 Å². The van der Waals surface area contributed by atoms with Crippen molar-refractivity contribution < 1.29 is 14.6 Å². The van der Waals surface area contributed by atoms with E-state index in [4.69, 9.17) is 21.3 Å². The van der Waals surface area contributed by atoms with Crippen molar-refractivity contribution in [1.29, 1.82) is 0 Å². The lowest BCUT2D eigenvalue weighted by molar-refractivity contribution is -0.117. The fraction of sp³-hybridized carbons (Fsp3) is 0.286. The Balaban J connectivity index is 1.39. The van der Waals surface area contributed by atoms with Crippen LogP contribution in [-0.4, -0.2) is 39.8 Å².